The molecular weight excluding hydrogens is 276 g/mol. The Bertz CT molecular complexity index is 542. The predicted octanol–water partition coefficient (Wildman–Crippen LogP) is 1.77. The van der Waals surface area contributed by atoms with Crippen LogP contribution in [0.3, 0.4) is 0 Å². The number of anilines is 1. The number of methoxy groups -OCH3 is 1. The number of urea groups is 1. The Morgan fingerprint density at radius 1 is 1.29 bits per heavy atom. The van der Waals surface area contributed by atoms with E-state index in [1.807, 2.05) is 0 Å². The molecule has 1 aromatic carbocycles. The van der Waals surface area contributed by atoms with Crippen LogP contribution in [-0.4, -0.2) is 36.7 Å². The maximum absolute atomic E-state index is 11.6. The summed E-state index contributed by atoms with van der Waals surface area (Å²) in [5.41, 5.74) is 1.66. The van der Waals surface area contributed by atoms with Gasteiger partial charge < -0.3 is 20.5 Å². The zero-order chi connectivity index (χ0) is 15.8. The molecule has 3 N–H and O–H groups in total. The Balaban J connectivity index is 2.51. The highest BCUT2D eigenvalue weighted by Crippen LogP contribution is 2.15. The molecule has 0 unspecified atom stereocenters. The maximum atomic E-state index is 11.6. The number of carboxylic acids is 1. The number of hydrogen-bond acceptors (Lipinski definition) is 4. The van der Waals surface area contributed by atoms with Crippen molar-refractivity contribution in [2.75, 3.05) is 19.0 Å². The zero-order valence-electron chi connectivity index (χ0n) is 11.9. The molecular formula is C14H18N2O5. The van der Waals surface area contributed by atoms with Gasteiger partial charge in [-0.25, -0.2) is 9.59 Å². The number of ether oxygens (including phenoxy) is 1. The molecule has 0 saturated carbocycles. The molecule has 7 heteroatoms. The first kappa shape index (κ1) is 16.5. The Hall–Kier alpha value is -2.57. The third-order valence-corrected chi connectivity index (χ3v) is 2.74. The van der Waals surface area contributed by atoms with Crippen LogP contribution in [0.4, 0.5) is 10.5 Å². The first-order chi connectivity index (χ1) is 9.93. The summed E-state index contributed by atoms with van der Waals surface area (Å²) in [5, 5.41) is 13.6. The van der Waals surface area contributed by atoms with E-state index in [2.05, 4.69) is 15.4 Å². The van der Waals surface area contributed by atoms with E-state index >= 15 is 0 Å². The van der Waals surface area contributed by atoms with Crippen molar-refractivity contribution in [2.45, 2.75) is 19.8 Å². The summed E-state index contributed by atoms with van der Waals surface area (Å²) in [6.45, 7) is 2.01. The molecule has 0 aliphatic carbocycles. The number of carbonyl (C=O) groups is 3. The first-order valence-electron chi connectivity index (χ1n) is 6.39. The molecule has 114 valence electrons. The minimum Gasteiger partial charge on any atom is -0.481 e. The summed E-state index contributed by atoms with van der Waals surface area (Å²) >= 11 is 0. The summed E-state index contributed by atoms with van der Waals surface area (Å²) in [6, 6.07) is 4.39. The first-order valence-corrected chi connectivity index (χ1v) is 6.39. The number of aliphatic carboxylic acids is 1. The molecule has 21 heavy (non-hydrogen) atoms. The van der Waals surface area contributed by atoms with E-state index in [9.17, 15) is 14.4 Å². The topological polar surface area (TPSA) is 105 Å². The molecule has 0 bridgehead atoms. The molecule has 0 aromatic heterocycles. The normalized spacial score (nSPS) is 9.81. The van der Waals surface area contributed by atoms with Crippen LogP contribution >= 0.6 is 0 Å². The summed E-state index contributed by atoms with van der Waals surface area (Å²) in [7, 11) is 1.30. The van der Waals surface area contributed by atoms with E-state index < -0.39 is 18.0 Å². The van der Waals surface area contributed by atoms with Crippen molar-refractivity contribution in [2.24, 2.45) is 0 Å². The number of benzene rings is 1. The fourth-order valence-corrected chi connectivity index (χ4v) is 1.70. The number of amides is 2. The molecule has 0 spiro atoms. The van der Waals surface area contributed by atoms with Gasteiger partial charge in [-0.1, -0.05) is 0 Å². The van der Waals surface area contributed by atoms with Gasteiger partial charge in [0, 0.05) is 18.7 Å². The summed E-state index contributed by atoms with van der Waals surface area (Å²) < 4.78 is 4.64. The Morgan fingerprint density at radius 2 is 2.00 bits per heavy atom. The molecule has 0 aliphatic heterocycles. The van der Waals surface area contributed by atoms with Gasteiger partial charge >= 0.3 is 18.0 Å². The average molecular weight is 294 g/mol. The van der Waals surface area contributed by atoms with E-state index in [-0.39, 0.29) is 13.0 Å². The van der Waals surface area contributed by atoms with Crippen molar-refractivity contribution in [3.8, 4) is 0 Å². The summed E-state index contributed by atoms with van der Waals surface area (Å²) in [6.07, 6.45) is 0.371. The largest absolute Gasteiger partial charge is 0.481 e. The number of hydrogen-bond donors (Lipinski definition) is 3. The Labute approximate surface area is 122 Å². The zero-order valence-corrected chi connectivity index (χ0v) is 11.9. The van der Waals surface area contributed by atoms with Gasteiger partial charge in [-0.15, -0.1) is 0 Å². The maximum Gasteiger partial charge on any atom is 0.338 e. The van der Waals surface area contributed by atoms with Gasteiger partial charge in [-0.05, 0) is 37.1 Å². The van der Waals surface area contributed by atoms with Crippen LogP contribution in [0.1, 0.15) is 28.8 Å². The molecule has 1 aromatic rings. The van der Waals surface area contributed by atoms with Gasteiger partial charge in [0.25, 0.3) is 0 Å². The van der Waals surface area contributed by atoms with Gasteiger partial charge in [0.05, 0.1) is 12.7 Å². The van der Waals surface area contributed by atoms with Crippen molar-refractivity contribution in [1.29, 1.82) is 0 Å². The highest BCUT2D eigenvalue weighted by molar-refractivity contribution is 5.93. The number of carboxylic acid groups (broad SMARTS) is 1. The van der Waals surface area contributed by atoms with E-state index in [0.717, 1.165) is 0 Å². The van der Waals surface area contributed by atoms with Crippen LogP contribution in [0.15, 0.2) is 18.2 Å². The van der Waals surface area contributed by atoms with Gasteiger partial charge in [-0.3, -0.25) is 4.79 Å². The quantitative estimate of drug-likeness (QED) is 0.548. The lowest BCUT2D eigenvalue weighted by molar-refractivity contribution is -0.137. The van der Waals surface area contributed by atoms with Crippen molar-refractivity contribution in [3.63, 3.8) is 0 Å². The number of carbonyl (C=O) groups excluding carboxylic acids is 2. The standard InChI is InChI=1S/C14H18N2O5/c1-9-8-10(5-6-11(9)13(19)21-2)16-14(20)15-7-3-4-12(17)18/h5-6,8H,3-4,7H2,1-2H3,(H,17,18)(H2,15,16,20). The van der Waals surface area contributed by atoms with Crippen molar-refractivity contribution in [3.05, 3.63) is 29.3 Å². The molecule has 1 rings (SSSR count). The minimum atomic E-state index is -0.897. The van der Waals surface area contributed by atoms with Gasteiger partial charge in [0.15, 0.2) is 0 Å². The summed E-state index contributed by atoms with van der Waals surface area (Å²) in [5.74, 6) is -1.33. The lowest BCUT2D eigenvalue weighted by Gasteiger charge is -2.09. The van der Waals surface area contributed by atoms with Crippen LogP contribution in [0.5, 0.6) is 0 Å². The van der Waals surface area contributed by atoms with E-state index in [4.69, 9.17) is 5.11 Å². The average Bonchev–Trinajstić information content (AvgIpc) is 2.43. The lowest BCUT2D eigenvalue weighted by Crippen LogP contribution is -2.29. The van der Waals surface area contributed by atoms with Gasteiger partial charge in [0.1, 0.15) is 0 Å². The molecule has 0 radical (unpaired) electrons. The highest BCUT2D eigenvalue weighted by atomic mass is 16.5. The van der Waals surface area contributed by atoms with E-state index in [1.54, 1.807) is 25.1 Å². The third-order valence-electron chi connectivity index (χ3n) is 2.74. The second-order valence-corrected chi connectivity index (χ2v) is 4.40. The fraction of sp³-hybridized carbons (Fsp3) is 0.357. The molecule has 0 saturated heterocycles. The van der Waals surface area contributed by atoms with Crippen LogP contribution in [0, 0.1) is 6.92 Å². The van der Waals surface area contributed by atoms with Gasteiger partial charge in [-0.2, -0.15) is 0 Å². The molecule has 0 aliphatic rings. The Morgan fingerprint density at radius 3 is 2.57 bits per heavy atom. The van der Waals surface area contributed by atoms with Crippen molar-refractivity contribution in [1.82, 2.24) is 5.32 Å². The summed E-state index contributed by atoms with van der Waals surface area (Å²) in [4.78, 5) is 33.3. The molecule has 7 nitrogen and oxygen atoms in total. The SMILES string of the molecule is COC(=O)c1ccc(NC(=O)NCCCC(=O)O)cc1C. The number of nitrogens with one attached hydrogen (secondary N) is 2. The lowest BCUT2D eigenvalue weighted by atomic mass is 10.1. The van der Waals surface area contributed by atoms with Crippen LogP contribution < -0.4 is 10.6 Å². The van der Waals surface area contributed by atoms with Crippen molar-refractivity contribution < 1.29 is 24.2 Å². The smallest absolute Gasteiger partial charge is 0.338 e. The van der Waals surface area contributed by atoms with Gasteiger partial charge in [0.2, 0.25) is 0 Å². The van der Waals surface area contributed by atoms with Crippen LogP contribution in [0.25, 0.3) is 0 Å². The van der Waals surface area contributed by atoms with Crippen molar-refractivity contribution >= 4 is 23.7 Å². The monoisotopic (exact) mass is 294 g/mol. The molecule has 0 heterocycles. The fourth-order valence-electron chi connectivity index (χ4n) is 1.70. The predicted molar refractivity (Wildman–Crippen MR) is 76.4 cm³/mol. The second kappa shape index (κ2) is 7.88. The second-order valence-electron chi connectivity index (χ2n) is 4.40. The van der Waals surface area contributed by atoms with E-state index in [0.29, 0.717) is 23.2 Å². The number of esters is 1. The number of rotatable bonds is 6. The number of aryl methyl sites for hydroxylation is 1. The van der Waals surface area contributed by atoms with Crippen LogP contribution in [-0.2, 0) is 9.53 Å². The molecule has 0 fully saturated rings. The molecule has 0 atom stereocenters. The van der Waals surface area contributed by atoms with Crippen LogP contribution in [0.2, 0.25) is 0 Å². The van der Waals surface area contributed by atoms with E-state index in [1.165, 1.54) is 7.11 Å². The Kier molecular flexibility index (Phi) is 6.19. The minimum absolute atomic E-state index is 0.00716. The highest BCUT2D eigenvalue weighted by Gasteiger charge is 2.10. The third kappa shape index (κ3) is 5.52. The molecule has 2 amide bonds.